The molecular weight excluding hydrogens is 462 g/mol. The number of aryl methyl sites for hydroxylation is 1. The number of halogens is 1. The zero-order valence-corrected chi connectivity index (χ0v) is 20.9. The Morgan fingerprint density at radius 2 is 2.03 bits per heavy atom. The fraction of sp³-hybridized carbons (Fsp3) is 0.423. The molecule has 1 saturated carbocycles. The summed E-state index contributed by atoms with van der Waals surface area (Å²) in [6.07, 6.45) is 11.7. The molecule has 1 fully saturated rings. The van der Waals surface area contributed by atoms with Crippen LogP contribution in [-0.2, 0) is 0 Å². The van der Waals surface area contributed by atoms with Crippen LogP contribution >= 0.6 is 11.6 Å². The maximum atomic E-state index is 13.9. The van der Waals surface area contributed by atoms with Crippen molar-refractivity contribution < 1.29 is 4.79 Å². The molecule has 184 valence electrons. The Morgan fingerprint density at radius 1 is 1.23 bits per heavy atom. The molecule has 35 heavy (non-hydrogen) atoms. The fourth-order valence-electron chi connectivity index (χ4n) is 5.08. The van der Waals surface area contributed by atoms with Gasteiger partial charge in [-0.25, -0.2) is 9.78 Å². The minimum absolute atomic E-state index is 0.0197. The first-order valence-corrected chi connectivity index (χ1v) is 12.6. The number of carbonyl (C=O) groups excluding carboxylic acids is 1. The summed E-state index contributed by atoms with van der Waals surface area (Å²) in [5, 5.41) is 7.23. The Bertz CT molecular complexity index is 1170. The monoisotopic (exact) mass is 493 g/mol. The largest absolute Gasteiger partial charge is 0.352 e. The van der Waals surface area contributed by atoms with Crippen LogP contribution in [0.2, 0.25) is 5.02 Å². The summed E-state index contributed by atoms with van der Waals surface area (Å²) in [6, 6.07) is 5.91. The zero-order valence-electron chi connectivity index (χ0n) is 20.2. The molecule has 0 saturated heterocycles. The summed E-state index contributed by atoms with van der Waals surface area (Å²) in [5.74, 6) is 1.30. The number of benzene rings is 1. The number of hydrogen-bond acceptors (Lipinski definition) is 6. The quantitative estimate of drug-likeness (QED) is 0.586. The summed E-state index contributed by atoms with van der Waals surface area (Å²) < 4.78 is 0. The van der Waals surface area contributed by atoms with Gasteiger partial charge in [-0.05, 0) is 63.8 Å². The maximum absolute atomic E-state index is 13.9. The second-order valence-corrected chi connectivity index (χ2v) is 10.0. The molecule has 0 bridgehead atoms. The third-order valence-corrected chi connectivity index (χ3v) is 7.38. The van der Waals surface area contributed by atoms with Gasteiger partial charge in [-0.2, -0.15) is 0 Å². The van der Waals surface area contributed by atoms with Gasteiger partial charge in [-0.1, -0.05) is 23.7 Å². The number of nitrogens with one attached hydrogen (secondary N) is 2. The molecule has 0 radical (unpaired) electrons. The number of carbonyl (C=O) groups is 1. The van der Waals surface area contributed by atoms with Gasteiger partial charge in [0.1, 0.15) is 5.82 Å². The third-order valence-electron chi connectivity index (χ3n) is 7.08. The minimum atomic E-state index is -0.0683. The van der Waals surface area contributed by atoms with Crippen LogP contribution in [0.15, 0.2) is 54.1 Å². The first-order chi connectivity index (χ1) is 16.9. The van der Waals surface area contributed by atoms with E-state index in [1.807, 2.05) is 37.1 Å². The van der Waals surface area contributed by atoms with Gasteiger partial charge < -0.3 is 11.1 Å². The van der Waals surface area contributed by atoms with Gasteiger partial charge in [0.15, 0.2) is 0 Å². The maximum Gasteiger partial charge on any atom is 0.330 e. The molecule has 0 spiro atoms. The van der Waals surface area contributed by atoms with Crippen LogP contribution in [0.3, 0.4) is 0 Å². The Hall–Kier alpha value is -2.94. The molecule has 1 aromatic heterocycles. The molecule has 3 heterocycles. The van der Waals surface area contributed by atoms with Crippen molar-refractivity contribution in [1.82, 2.24) is 25.5 Å². The number of nitrogens with two attached hydrogens (primary N) is 1. The molecule has 2 aromatic rings. The summed E-state index contributed by atoms with van der Waals surface area (Å²) in [5.41, 5.74) is 10.3. The first kappa shape index (κ1) is 23.8. The van der Waals surface area contributed by atoms with E-state index in [2.05, 4.69) is 32.8 Å². The van der Waals surface area contributed by atoms with Crippen molar-refractivity contribution in [3.8, 4) is 11.3 Å². The highest BCUT2D eigenvalue weighted by molar-refractivity contribution is 6.34. The second kappa shape index (κ2) is 9.97. The normalized spacial score (nSPS) is 24.5. The molecule has 5 rings (SSSR count). The number of rotatable bonds is 5. The average Bonchev–Trinajstić information content (AvgIpc) is 2.86. The lowest BCUT2D eigenvalue weighted by molar-refractivity contribution is 0.188. The van der Waals surface area contributed by atoms with Crippen LogP contribution in [0, 0.1) is 12.8 Å². The van der Waals surface area contributed by atoms with Gasteiger partial charge >= 0.3 is 6.03 Å². The number of anilines is 1. The van der Waals surface area contributed by atoms with Gasteiger partial charge in [0, 0.05) is 29.9 Å². The van der Waals surface area contributed by atoms with E-state index in [0.717, 1.165) is 54.0 Å². The van der Waals surface area contributed by atoms with E-state index >= 15 is 0 Å². The number of nitrogens with zero attached hydrogens (tertiary/aromatic N) is 4. The molecular formula is C26H32ClN7O. The van der Waals surface area contributed by atoms with Gasteiger partial charge in [-0.3, -0.25) is 20.1 Å². The van der Waals surface area contributed by atoms with Gasteiger partial charge in [-0.15, -0.1) is 0 Å². The summed E-state index contributed by atoms with van der Waals surface area (Å²) >= 11 is 6.76. The second-order valence-electron chi connectivity index (χ2n) is 9.62. The van der Waals surface area contributed by atoms with E-state index in [1.54, 1.807) is 17.3 Å². The third kappa shape index (κ3) is 4.91. The highest BCUT2D eigenvalue weighted by Gasteiger charge is 2.37. The Morgan fingerprint density at radius 3 is 2.74 bits per heavy atom. The van der Waals surface area contributed by atoms with Crippen molar-refractivity contribution in [2.24, 2.45) is 11.7 Å². The number of aromatic nitrogens is 2. The lowest BCUT2D eigenvalue weighted by Gasteiger charge is -2.43. The Labute approximate surface area is 211 Å². The minimum Gasteiger partial charge on any atom is -0.352 e. The molecule has 1 aromatic carbocycles. The highest BCUT2D eigenvalue weighted by Crippen LogP contribution is 2.36. The van der Waals surface area contributed by atoms with Crippen LogP contribution in [-0.4, -0.2) is 53.2 Å². The molecule has 9 heteroatoms. The van der Waals surface area contributed by atoms with E-state index in [4.69, 9.17) is 17.3 Å². The zero-order chi connectivity index (χ0) is 24.5. The molecule has 2 amide bonds. The molecule has 2 aliphatic heterocycles. The van der Waals surface area contributed by atoms with Crippen molar-refractivity contribution >= 4 is 23.3 Å². The van der Waals surface area contributed by atoms with E-state index in [-0.39, 0.29) is 18.2 Å². The van der Waals surface area contributed by atoms with E-state index in [0.29, 0.717) is 29.7 Å². The predicted molar refractivity (Wildman–Crippen MR) is 139 cm³/mol. The SMILES string of the molecule is CNC1C=CC2=C(N1)N(CC1CCC(N)CC1)C(=O)N(c1ccc(-c3cncc(C)n3)cc1Cl)C2. The van der Waals surface area contributed by atoms with Crippen molar-refractivity contribution in [2.45, 2.75) is 44.8 Å². The lowest BCUT2D eigenvalue weighted by Crippen LogP contribution is -2.56. The van der Waals surface area contributed by atoms with Crippen LogP contribution < -0.4 is 21.3 Å². The average molecular weight is 494 g/mol. The number of dihydropyridines is 1. The number of likely N-dealkylation sites (N-methyl/N-ethyl adjacent to an activating group) is 1. The Balaban J connectivity index is 1.45. The van der Waals surface area contributed by atoms with Crippen molar-refractivity contribution in [1.29, 1.82) is 0 Å². The molecule has 8 nitrogen and oxygen atoms in total. The van der Waals surface area contributed by atoms with Gasteiger partial charge in [0.25, 0.3) is 0 Å². The van der Waals surface area contributed by atoms with Crippen molar-refractivity contribution in [2.75, 3.05) is 25.0 Å². The smallest absolute Gasteiger partial charge is 0.330 e. The molecule has 1 aliphatic carbocycles. The summed E-state index contributed by atoms with van der Waals surface area (Å²) in [4.78, 5) is 26.3. The topological polar surface area (TPSA) is 99.4 Å². The fourth-order valence-corrected chi connectivity index (χ4v) is 5.36. The van der Waals surface area contributed by atoms with E-state index in [9.17, 15) is 4.79 Å². The van der Waals surface area contributed by atoms with Crippen LogP contribution in [0.1, 0.15) is 31.4 Å². The molecule has 1 atom stereocenters. The number of urea groups is 1. The predicted octanol–water partition coefficient (Wildman–Crippen LogP) is 3.78. The summed E-state index contributed by atoms with van der Waals surface area (Å²) in [6.45, 7) is 3.01. The summed E-state index contributed by atoms with van der Waals surface area (Å²) in [7, 11) is 1.90. The molecule has 3 aliphatic rings. The van der Waals surface area contributed by atoms with Crippen LogP contribution in [0.25, 0.3) is 11.3 Å². The van der Waals surface area contributed by atoms with Crippen LogP contribution in [0.5, 0.6) is 0 Å². The van der Waals surface area contributed by atoms with Crippen molar-refractivity contribution in [3.63, 3.8) is 0 Å². The van der Waals surface area contributed by atoms with Gasteiger partial charge in [0.05, 0.1) is 41.0 Å². The highest BCUT2D eigenvalue weighted by atomic mass is 35.5. The lowest BCUT2D eigenvalue weighted by atomic mass is 9.86. The van der Waals surface area contributed by atoms with Crippen molar-refractivity contribution in [3.05, 3.63) is 64.9 Å². The van der Waals surface area contributed by atoms with Crippen LogP contribution in [0.4, 0.5) is 10.5 Å². The molecule has 1 unspecified atom stereocenters. The van der Waals surface area contributed by atoms with E-state index < -0.39 is 0 Å². The van der Waals surface area contributed by atoms with Gasteiger partial charge in [0.2, 0.25) is 0 Å². The standard InChI is InChI=1S/C26H32ClN7O/c1-16-12-30-13-22(31-16)18-5-9-23(21(27)11-18)33-15-19-6-10-24(29-2)32-25(19)34(26(33)35)14-17-3-7-20(28)8-4-17/h5-6,9-13,17,20,24,29,32H,3-4,7-8,14-15,28H2,1-2H3. The van der Waals surface area contributed by atoms with E-state index in [1.165, 1.54) is 0 Å². The number of hydrogen-bond donors (Lipinski definition) is 3. The number of amides is 2. The molecule has 4 N–H and O–H groups in total. The first-order valence-electron chi connectivity index (χ1n) is 12.2. The Kier molecular flexibility index (Phi) is 6.77.